The van der Waals surface area contributed by atoms with Gasteiger partial charge in [0.25, 0.3) is 5.79 Å². The molecule has 0 spiro atoms. The van der Waals surface area contributed by atoms with Crippen molar-refractivity contribution in [3.05, 3.63) is 0 Å². The Morgan fingerprint density at radius 3 is 1.10 bits per heavy atom. The summed E-state index contributed by atoms with van der Waals surface area (Å²) in [5.41, 5.74) is 0. The normalized spacial score (nSPS) is 47.9. The van der Waals surface area contributed by atoms with Gasteiger partial charge < -0.3 is 270 Å². The average Bonchev–Trinajstić information content (AvgIpc) is 0.765. The molecule has 0 aromatic rings. The second kappa shape index (κ2) is 46.7. The second-order valence-corrected chi connectivity index (χ2v) is 32.5. The van der Waals surface area contributed by atoms with Crippen molar-refractivity contribution < 1.29 is 272 Å². The Balaban J connectivity index is 0.959. The number of amides is 4. The fourth-order valence-electron chi connectivity index (χ4n) is 16.4. The van der Waals surface area contributed by atoms with Gasteiger partial charge in [-0.2, -0.15) is 0 Å². The van der Waals surface area contributed by atoms with E-state index in [1.54, 1.807) is 0 Å². The summed E-state index contributed by atoms with van der Waals surface area (Å²) < 4.78 is 111. The zero-order valence-electron chi connectivity index (χ0n) is 69.0. The van der Waals surface area contributed by atoms with Crippen LogP contribution >= 0.6 is 0 Å². The SMILES string of the molecule is CC(=O)N[C@@H]1[C@@H](O)[C@H](O[C@@H]2O[C@H](CO)[C@@H](O[C@@H]3O[C@H](CO[C@H]4O[C@H](CO[C@H]5O[C@H](CO)[C@@H](O)[C@H](O)[C@@H]5O)[C@@H](O)[C@H](O[C@H]5O[C@H](CO)[C@@H](O)[C@H](O)[C@@H]5O)[C@@H]4O)[C@@H](O)[C@H](O[C@H]4O[C@H](CO)[C@@H](O)[C@H](O)[C@@H]4O[C@@H]4O[C@H](CO)[C@@H](O[C@@H]5O[C@H](CO[C@]6(C(=O)O)C[C@H](O)[C@@H](NC(=O)CO)[C@H]([C@H](O)[C@H](O)CO)O6)[C@H](O)[C@H](O)[C@H]5O)[C@H](O)[C@H]4NC(C)=O)[C@@H]3O)[C@H](O)[C@H]2NC(C)=O)[C@@H](CO)O[C@H]1O. The summed E-state index contributed by atoms with van der Waals surface area (Å²) in [6, 6.07) is -7.66. The number of carbonyl (C=O) groups is 5. The molecule has 0 bridgehead atoms. The number of carbonyl (C=O) groups excluding carboxylic acids is 4. The molecule has 10 aliphatic rings. The van der Waals surface area contributed by atoms with Gasteiger partial charge in [0.15, 0.2) is 56.6 Å². The van der Waals surface area contributed by atoms with Gasteiger partial charge in [0.2, 0.25) is 23.6 Å². The van der Waals surface area contributed by atoms with Crippen molar-refractivity contribution >= 4 is 29.6 Å². The van der Waals surface area contributed by atoms with Crippen LogP contribution < -0.4 is 21.3 Å². The van der Waals surface area contributed by atoms with Crippen LogP contribution in [0.5, 0.6) is 0 Å². The number of aliphatic carboxylic acids is 1. The number of ether oxygens (including phenoxy) is 19. The van der Waals surface area contributed by atoms with Crippen molar-refractivity contribution in [3.8, 4) is 0 Å². The molecule has 0 aromatic carbocycles. The maximum atomic E-state index is 13.2. The highest BCUT2D eigenvalue weighted by Gasteiger charge is 2.63. The molecule has 0 saturated carbocycles. The van der Waals surface area contributed by atoms with Gasteiger partial charge in [0, 0.05) is 27.2 Å². The van der Waals surface area contributed by atoms with Crippen molar-refractivity contribution in [2.24, 2.45) is 0 Å². The first-order chi connectivity index (χ1) is 61.4. The van der Waals surface area contributed by atoms with E-state index in [1.165, 1.54) is 0 Å². The Hall–Kier alpha value is -4.61. The molecule has 51 atom stereocenters. The first kappa shape index (κ1) is 107. The zero-order chi connectivity index (χ0) is 96.0. The largest absolute Gasteiger partial charge is 0.477 e. The number of carboxylic acid groups (broad SMARTS) is 1. The van der Waals surface area contributed by atoms with Gasteiger partial charge in [0.1, 0.15) is 244 Å². The van der Waals surface area contributed by atoms with Crippen molar-refractivity contribution in [1.82, 2.24) is 21.3 Å². The fraction of sp³-hybridized carbons (Fsp3) is 0.930. The molecule has 752 valence electrons. The number of aliphatic hydroxyl groups excluding tert-OH is 30. The number of aliphatic hydroxyl groups is 30. The Morgan fingerprint density at radius 2 is 0.662 bits per heavy atom. The monoisotopic (exact) mass is 1910 g/mol. The Kier molecular flexibility index (Phi) is 38.6. The first-order valence-corrected chi connectivity index (χ1v) is 40.9. The lowest BCUT2D eigenvalue weighted by Gasteiger charge is -2.51. The molecular weight excluding hydrogens is 1790 g/mol. The number of nitrogens with one attached hydrogen (secondary N) is 4. The van der Waals surface area contributed by atoms with E-state index >= 15 is 0 Å². The van der Waals surface area contributed by atoms with Gasteiger partial charge in [-0.1, -0.05) is 0 Å². The molecule has 59 heteroatoms. The van der Waals surface area contributed by atoms with Gasteiger partial charge in [-0.3, -0.25) is 19.2 Å². The van der Waals surface area contributed by atoms with Crippen LogP contribution in [-0.4, -0.2) is 573 Å². The summed E-state index contributed by atoms with van der Waals surface area (Å²) >= 11 is 0. The maximum Gasteiger partial charge on any atom is 0.364 e. The highest BCUT2D eigenvalue weighted by molar-refractivity contribution is 5.78. The van der Waals surface area contributed by atoms with Crippen LogP contribution in [0.25, 0.3) is 0 Å². The molecule has 10 saturated heterocycles. The third-order valence-corrected chi connectivity index (χ3v) is 23.5. The van der Waals surface area contributed by atoms with Crippen LogP contribution in [0.4, 0.5) is 0 Å². The van der Waals surface area contributed by atoms with Gasteiger partial charge in [-0.25, -0.2) is 4.79 Å². The zero-order valence-corrected chi connectivity index (χ0v) is 69.0. The quantitative estimate of drug-likeness (QED) is 0.0277. The first-order valence-electron chi connectivity index (χ1n) is 40.9. The molecule has 10 rings (SSSR count). The van der Waals surface area contributed by atoms with E-state index in [0.29, 0.717) is 0 Å². The molecule has 4 amide bonds. The summed E-state index contributed by atoms with van der Waals surface area (Å²) in [6.45, 7) is -10.2. The van der Waals surface area contributed by atoms with E-state index < -0.39 is 421 Å². The van der Waals surface area contributed by atoms with Crippen molar-refractivity contribution in [2.45, 2.75) is 340 Å². The minimum atomic E-state index is -3.17. The van der Waals surface area contributed by atoms with Gasteiger partial charge in [0.05, 0.1) is 78.2 Å². The van der Waals surface area contributed by atoms with Gasteiger partial charge in [-0.05, 0) is 0 Å². The van der Waals surface area contributed by atoms with E-state index in [2.05, 4.69) is 21.3 Å². The Bertz CT molecular complexity index is 3570. The highest BCUT2D eigenvalue weighted by Crippen LogP contribution is 2.42. The van der Waals surface area contributed by atoms with Crippen LogP contribution in [-0.2, 0) is 114 Å². The summed E-state index contributed by atoms with van der Waals surface area (Å²) in [4.78, 5) is 63.8. The molecule has 0 aromatic heterocycles. The number of rotatable bonds is 36. The summed E-state index contributed by atoms with van der Waals surface area (Å²) in [5, 5.41) is 352. The van der Waals surface area contributed by atoms with Crippen molar-refractivity contribution in [1.29, 1.82) is 0 Å². The van der Waals surface area contributed by atoms with Crippen LogP contribution in [0.15, 0.2) is 0 Å². The van der Waals surface area contributed by atoms with Gasteiger partial charge in [-0.15, -0.1) is 0 Å². The van der Waals surface area contributed by atoms with Crippen molar-refractivity contribution in [2.75, 3.05) is 72.7 Å². The number of carboxylic acids is 1. The minimum Gasteiger partial charge on any atom is -0.477 e. The molecule has 130 heavy (non-hydrogen) atoms. The molecule has 10 heterocycles. The molecule has 59 nitrogen and oxygen atoms in total. The summed E-state index contributed by atoms with van der Waals surface area (Å²) in [6.07, 6.45) is -103. The summed E-state index contributed by atoms with van der Waals surface area (Å²) in [5.74, 6) is -9.36. The predicted octanol–water partition coefficient (Wildman–Crippen LogP) is -24.1. The van der Waals surface area contributed by atoms with E-state index in [-0.39, 0.29) is 0 Å². The van der Waals surface area contributed by atoms with Crippen molar-refractivity contribution in [3.63, 3.8) is 0 Å². The molecule has 35 N–H and O–H groups in total. The molecule has 10 fully saturated rings. The van der Waals surface area contributed by atoms with Gasteiger partial charge >= 0.3 is 5.97 Å². The van der Waals surface area contributed by atoms with E-state index in [0.717, 1.165) is 20.8 Å². The fourth-order valence-corrected chi connectivity index (χ4v) is 16.4. The molecule has 0 unspecified atom stereocenters. The summed E-state index contributed by atoms with van der Waals surface area (Å²) in [7, 11) is 0. The molecule has 0 radical (unpaired) electrons. The Labute approximate surface area is 733 Å². The highest BCUT2D eigenvalue weighted by atomic mass is 16.8. The van der Waals surface area contributed by atoms with E-state index in [9.17, 15) is 182 Å². The second-order valence-electron chi connectivity index (χ2n) is 32.5. The predicted molar refractivity (Wildman–Crippen MR) is 395 cm³/mol. The molecule has 0 aliphatic carbocycles. The maximum absolute atomic E-state index is 13.2. The lowest BCUT2D eigenvalue weighted by atomic mass is 9.88. The average molecular weight is 1910 g/mol. The molecule has 10 aliphatic heterocycles. The third-order valence-electron chi connectivity index (χ3n) is 23.5. The lowest BCUT2D eigenvalue weighted by molar-refractivity contribution is -0.399. The van der Waals surface area contributed by atoms with Crippen LogP contribution in [0.3, 0.4) is 0 Å². The van der Waals surface area contributed by atoms with E-state index in [4.69, 9.17) is 90.0 Å². The standard InChI is InChI=1S/C71H118N4O55/c1-16(84)72-32-42(97)54(24(9-80)115-61(32)109)124-62-33(73-17(2)85)43(98)56(26(11-82)119-62)126-68-53(108)59(41(96)28(122-68)14-113-65-52(107)58(127-66-50(105)46(101)37(92)22(7-78)117-66)40(95)27(121-65)13-112-64-49(104)45(100)36(91)21(6-77)116-64)128-69-60(48(103)38(93)23(8-79)118-69)129-63-34(74-18(3)86)44(99)55(25(10-81)120-63)125-67-51(106)47(102)39(94)29(123-67)15-114-71(70(110)111)4-19(87)31(75-30(89)12-83)57(130-71)35(90)20(88)5-76/h19-29,31-69,76-83,87-88,90-109H,4-15H2,1-3H3,(H,72,84)(H,73,85)(H,74,86)(H,75,89)(H,110,111)/t19-,20+,21+,22+,23+,24+,25+,26+,27+,28+,29+,31+,32+,33+,34+,35+,36+,37+,38+,39-,40+,41+,42+,43+,44+,45-,46-,47-,48-,49-,50-,51+,52-,53-,54+,55+,56+,57+,58-,59-,60-,61+,62-,63-,64-,65-,66+,67-,68-,69+,71+/m0/s1. The van der Waals surface area contributed by atoms with Crippen LogP contribution in [0, 0.1) is 0 Å². The van der Waals surface area contributed by atoms with E-state index in [1.807, 2.05) is 0 Å². The topological polar surface area (TPSA) is 936 Å². The Morgan fingerprint density at radius 1 is 0.331 bits per heavy atom. The van der Waals surface area contributed by atoms with Crippen LogP contribution in [0.1, 0.15) is 27.2 Å². The smallest absolute Gasteiger partial charge is 0.364 e. The van der Waals surface area contributed by atoms with Crippen LogP contribution in [0.2, 0.25) is 0 Å². The minimum absolute atomic E-state index is 0.818. The third kappa shape index (κ3) is 23.7. The number of hydrogen-bond acceptors (Lipinski definition) is 54. The number of hydrogen-bond donors (Lipinski definition) is 35. The molecular formula is C71H118N4O55. The lowest BCUT2D eigenvalue weighted by Crippen LogP contribution is -2.71.